The van der Waals surface area contributed by atoms with Gasteiger partial charge in [0.1, 0.15) is 0 Å². The zero-order valence-corrected chi connectivity index (χ0v) is 14.9. The molecule has 1 saturated heterocycles. The van der Waals surface area contributed by atoms with Gasteiger partial charge in [-0.05, 0) is 32.4 Å². The SMILES string of the molecule is Cc1nn(-c2ccccc2)c(C)c1C(=O)N(C)[C@H]1CCS(=O)(=O)C1. The standard InChI is InChI=1S/C17H21N3O3S/c1-12-16(13(2)20(18-12)14-7-5-4-6-8-14)17(21)19(3)15-9-10-24(22,23)11-15/h4-8,15H,9-11H2,1-3H3/t15-/m0/s1. The third kappa shape index (κ3) is 2.96. The third-order valence-corrected chi connectivity index (χ3v) is 6.33. The smallest absolute Gasteiger partial charge is 0.257 e. The van der Waals surface area contributed by atoms with Crippen LogP contribution >= 0.6 is 0 Å². The van der Waals surface area contributed by atoms with Gasteiger partial charge in [0.15, 0.2) is 9.84 Å². The molecular weight excluding hydrogens is 326 g/mol. The zero-order chi connectivity index (χ0) is 17.5. The first kappa shape index (κ1) is 16.7. The molecule has 1 amide bonds. The second kappa shape index (κ2) is 6.05. The molecule has 1 atom stereocenters. The number of carbonyl (C=O) groups is 1. The minimum absolute atomic E-state index is 0.0418. The molecule has 1 aliphatic heterocycles. The maximum Gasteiger partial charge on any atom is 0.257 e. The number of hydrogen-bond donors (Lipinski definition) is 0. The Morgan fingerprint density at radius 1 is 1.25 bits per heavy atom. The van der Waals surface area contributed by atoms with Crippen molar-refractivity contribution in [2.45, 2.75) is 26.3 Å². The molecule has 2 heterocycles. The van der Waals surface area contributed by atoms with Crippen LogP contribution in [-0.2, 0) is 9.84 Å². The zero-order valence-electron chi connectivity index (χ0n) is 14.1. The van der Waals surface area contributed by atoms with Crippen LogP contribution in [0.25, 0.3) is 5.69 Å². The van der Waals surface area contributed by atoms with Gasteiger partial charge in [-0.15, -0.1) is 0 Å². The van der Waals surface area contributed by atoms with E-state index in [2.05, 4.69) is 5.10 Å². The summed E-state index contributed by atoms with van der Waals surface area (Å²) < 4.78 is 25.1. The fraction of sp³-hybridized carbons (Fsp3) is 0.412. The summed E-state index contributed by atoms with van der Waals surface area (Å²) in [6, 6.07) is 9.37. The number of hydrogen-bond acceptors (Lipinski definition) is 4. The van der Waals surface area contributed by atoms with Crippen molar-refractivity contribution in [1.29, 1.82) is 0 Å². The van der Waals surface area contributed by atoms with Crippen LogP contribution in [0.15, 0.2) is 30.3 Å². The highest BCUT2D eigenvalue weighted by Gasteiger charge is 2.34. The van der Waals surface area contributed by atoms with Gasteiger partial charge in [-0.1, -0.05) is 18.2 Å². The predicted molar refractivity (Wildman–Crippen MR) is 92.2 cm³/mol. The first-order valence-electron chi connectivity index (χ1n) is 7.89. The molecule has 128 valence electrons. The Morgan fingerprint density at radius 3 is 2.50 bits per heavy atom. The molecular formula is C17H21N3O3S. The summed E-state index contributed by atoms with van der Waals surface area (Å²) in [5.41, 5.74) is 2.85. The summed E-state index contributed by atoms with van der Waals surface area (Å²) in [6.45, 7) is 3.67. The van der Waals surface area contributed by atoms with Crippen LogP contribution in [-0.4, -0.2) is 53.6 Å². The number of carbonyl (C=O) groups excluding carboxylic acids is 1. The molecule has 0 spiro atoms. The van der Waals surface area contributed by atoms with Crippen LogP contribution in [0.5, 0.6) is 0 Å². The first-order chi connectivity index (χ1) is 11.3. The average molecular weight is 347 g/mol. The summed E-state index contributed by atoms with van der Waals surface area (Å²) in [6.07, 6.45) is 0.496. The highest BCUT2D eigenvalue weighted by atomic mass is 32.2. The lowest BCUT2D eigenvalue weighted by Gasteiger charge is -2.23. The number of sulfone groups is 1. The summed E-state index contributed by atoms with van der Waals surface area (Å²) >= 11 is 0. The van der Waals surface area contributed by atoms with Crippen molar-refractivity contribution in [2.24, 2.45) is 0 Å². The number of amides is 1. The highest BCUT2D eigenvalue weighted by Crippen LogP contribution is 2.23. The lowest BCUT2D eigenvalue weighted by atomic mass is 10.1. The molecule has 0 radical (unpaired) electrons. The van der Waals surface area contributed by atoms with Crippen LogP contribution in [0, 0.1) is 13.8 Å². The van der Waals surface area contributed by atoms with E-state index in [9.17, 15) is 13.2 Å². The molecule has 2 aromatic rings. The normalized spacial score (nSPS) is 19.4. The second-order valence-corrected chi connectivity index (χ2v) is 8.49. The molecule has 3 rings (SSSR count). The number of rotatable bonds is 3. The van der Waals surface area contributed by atoms with Gasteiger partial charge in [0.05, 0.1) is 34.1 Å². The second-order valence-electron chi connectivity index (χ2n) is 6.27. The van der Waals surface area contributed by atoms with Crippen LogP contribution < -0.4 is 0 Å². The molecule has 1 aliphatic rings. The number of benzene rings is 1. The monoisotopic (exact) mass is 347 g/mol. The van der Waals surface area contributed by atoms with E-state index in [1.165, 1.54) is 0 Å². The fourth-order valence-corrected chi connectivity index (χ4v) is 4.97. The van der Waals surface area contributed by atoms with Crippen LogP contribution in [0.2, 0.25) is 0 Å². The summed E-state index contributed by atoms with van der Waals surface area (Å²) in [5, 5.41) is 4.49. The van der Waals surface area contributed by atoms with Crippen molar-refractivity contribution in [3.63, 3.8) is 0 Å². The minimum Gasteiger partial charge on any atom is -0.338 e. The van der Waals surface area contributed by atoms with E-state index in [1.807, 2.05) is 37.3 Å². The molecule has 1 aromatic carbocycles. The Balaban J connectivity index is 1.92. The van der Waals surface area contributed by atoms with Crippen molar-refractivity contribution < 1.29 is 13.2 Å². The molecule has 0 N–H and O–H groups in total. The number of aryl methyl sites for hydroxylation is 1. The van der Waals surface area contributed by atoms with E-state index in [1.54, 1.807) is 23.6 Å². The van der Waals surface area contributed by atoms with Gasteiger partial charge in [0.2, 0.25) is 0 Å². The lowest BCUT2D eigenvalue weighted by molar-refractivity contribution is 0.0746. The van der Waals surface area contributed by atoms with Gasteiger partial charge >= 0.3 is 0 Å². The number of aromatic nitrogens is 2. The summed E-state index contributed by atoms with van der Waals surface area (Å²) in [4.78, 5) is 14.5. The van der Waals surface area contributed by atoms with Crippen LogP contribution in [0.3, 0.4) is 0 Å². The molecule has 24 heavy (non-hydrogen) atoms. The Hall–Kier alpha value is -2.15. The average Bonchev–Trinajstić information content (AvgIpc) is 3.06. The molecule has 1 aromatic heterocycles. The van der Waals surface area contributed by atoms with E-state index in [0.29, 0.717) is 17.7 Å². The topological polar surface area (TPSA) is 72.3 Å². The largest absolute Gasteiger partial charge is 0.338 e. The third-order valence-electron chi connectivity index (χ3n) is 4.58. The Bertz CT molecular complexity index is 872. The Kier molecular flexibility index (Phi) is 4.21. The summed E-state index contributed by atoms with van der Waals surface area (Å²) in [7, 11) is -1.36. The molecule has 0 saturated carbocycles. The molecule has 7 heteroatoms. The van der Waals surface area contributed by atoms with Crippen LogP contribution in [0.1, 0.15) is 28.2 Å². The van der Waals surface area contributed by atoms with Gasteiger partial charge in [-0.25, -0.2) is 13.1 Å². The van der Waals surface area contributed by atoms with Gasteiger partial charge in [-0.2, -0.15) is 5.10 Å². The number of nitrogens with zero attached hydrogens (tertiary/aromatic N) is 3. The van der Waals surface area contributed by atoms with Crippen molar-refractivity contribution >= 4 is 15.7 Å². The highest BCUT2D eigenvalue weighted by molar-refractivity contribution is 7.91. The minimum atomic E-state index is -3.03. The van der Waals surface area contributed by atoms with Gasteiger partial charge < -0.3 is 4.90 Å². The maximum atomic E-state index is 12.9. The van der Waals surface area contributed by atoms with Gasteiger partial charge in [-0.3, -0.25) is 4.79 Å². The van der Waals surface area contributed by atoms with E-state index < -0.39 is 9.84 Å². The number of para-hydroxylation sites is 1. The molecule has 0 unspecified atom stereocenters. The molecule has 0 bridgehead atoms. The Labute approximate surface area is 142 Å². The quantitative estimate of drug-likeness (QED) is 0.848. The Morgan fingerprint density at radius 2 is 1.92 bits per heavy atom. The summed E-state index contributed by atoms with van der Waals surface area (Å²) in [5.74, 6) is 0.0192. The van der Waals surface area contributed by atoms with Gasteiger partial charge in [0.25, 0.3) is 5.91 Å². The molecule has 6 nitrogen and oxygen atoms in total. The first-order valence-corrected chi connectivity index (χ1v) is 9.71. The maximum absolute atomic E-state index is 12.9. The van der Waals surface area contributed by atoms with E-state index in [-0.39, 0.29) is 23.5 Å². The lowest BCUT2D eigenvalue weighted by Crippen LogP contribution is -2.38. The van der Waals surface area contributed by atoms with Crippen molar-refractivity contribution in [2.75, 3.05) is 18.6 Å². The van der Waals surface area contributed by atoms with E-state index >= 15 is 0 Å². The fourth-order valence-electron chi connectivity index (χ4n) is 3.20. The van der Waals surface area contributed by atoms with Crippen LogP contribution in [0.4, 0.5) is 0 Å². The van der Waals surface area contributed by atoms with Gasteiger partial charge in [0, 0.05) is 13.1 Å². The molecule has 1 fully saturated rings. The molecule has 0 aliphatic carbocycles. The predicted octanol–water partition coefficient (Wildman–Crippen LogP) is 1.75. The van der Waals surface area contributed by atoms with E-state index in [4.69, 9.17) is 0 Å². The van der Waals surface area contributed by atoms with Crippen molar-refractivity contribution in [3.8, 4) is 5.69 Å². The van der Waals surface area contributed by atoms with Crippen molar-refractivity contribution in [1.82, 2.24) is 14.7 Å². The van der Waals surface area contributed by atoms with E-state index in [0.717, 1.165) is 11.4 Å². The van der Waals surface area contributed by atoms with Crippen molar-refractivity contribution in [3.05, 3.63) is 47.3 Å².